The summed E-state index contributed by atoms with van der Waals surface area (Å²) in [7, 11) is 3.41. The van der Waals surface area contributed by atoms with E-state index in [9.17, 15) is 4.79 Å². The van der Waals surface area contributed by atoms with Gasteiger partial charge in [-0.05, 0) is 30.3 Å². The first-order chi connectivity index (χ1) is 10.2. The van der Waals surface area contributed by atoms with Crippen molar-refractivity contribution in [3.63, 3.8) is 0 Å². The Kier molecular flexibility index (Phi) is 3.31. The van der Waals surface area contributed by atoms with Crippen LogP contribution in [0, 0.1) is 0 Å². The van der Waals surface area contributed by atoms with Crippen molar-refractivity contribution >= 4 is 23.0 Å². The fraction of sp³-hybridized carbons (Fsp3) is 0.125. The molecule has 2 aromatic carbocycles. The minimum Gasteiger partial charge on any atom is -0.497 e. The summed E-state index contributed by atoms with van der Waals surface area (Å²) in [5.41, 5.74) is 2.80. The van der Waals surface area contributed by atoms with E-state index in [0.717, 1.165) is 16.9 Å². The van der Waals surface area contributed by atoms with E-state index < -0.39 is 0 Å². The van der Waals surface area contributed by atoms with E-state index in [2.05, 4.69) is 10.4 Å². The lowest BCUT2D eigenvalue weighted by molar-refractivity contribution is -0.110. The highest BCUT2D eigenvalue weighted by molar-refractivity contribution is 6.54. The number of methoxy groups -OCH3 is 1. The molecule has 0 fully saturated rings. The number of ether oxygens (including phenoxy) is 1. The molecule has 1 aliphatic rings. The molecule has 0 aliphatic carbocycles. The van der Waals surface area contributed by atoms with E-state index in [0.29, 0.717) is 11.5 Å². The predicted octanol–water partition coefficient (Wildman–Crippen LogP) is 2.49. The lowest BCUT2D eigenvalue weighted by Gasteiger charge is -2.13. The van der Waals surface area contributed by atoms with Gasteiger partial charge in [-0.25, -0.2) is 0 Å². The van der Waals surface area contributed by atoms with Crippen LogP contribution in [0.3, 0.4) is 0 Å². The molecule has 2 aromatic rings. The first-order valence-electron chi connectivity index (χ1n) is 6.56. The number of para-hydroxylation sites is 1. The third-order valence-corrected chi connectivity index (χ3v) is 3.32. The fourth-order valence-corrected chi connectivity index (χ4v) is 2.21. The van der Waals surface area contributed by atoms with Gasteiger partial charge in [0.25, 0.3) is 5.91 Å². The van der Waals surface area contributed by atoms with Crippen LogP contribution in [-0.2, 0) is 4.79 Å². The molecular formula is C16H15N3O2. The monoisotopic (exact) mass is 281 g/mol. The number of rotatable bonds is 3. The molecule has 0 aromatic heterocycles. The molecule has 5 heteroatoms. The van der Waals surface area contributed by atoms with Crippen molar-refractivity contribution in [2.45, 2.75) is 0 Å². The molecule has 106 valence electrons. The summed E-state index contributed by atoms with van der Waals surface area (Å²) in [4.78, 5) is 12.1. The van der Waals surface area contributed by atoms with Gasteiger partial charge in [0.05, 0.1) is 18.5 Å². The first-order valence-corrected chi connectivity index (χ1v) is 6.56. The smallest absolute Gasteiger partial charge is 0.276 e. The van der Waals surface area contributed by atoms with Crippen molar-refractivity contribution in [1.82, 2.24) is 0 Å². The normalized spacial score (nSPS) is 14.8. The summed E-state index contributed by atoms with van der Waals surface area (Å²) in [6, 6.07) is 15.1. The van der Waals surface area contributed by atoms with Crippen LogP contribution in [-0.4, -0.2) is 25.8 Å². The Hall–Kier alpha value is -2.82. The molecule has 1 heterocycles. The van der Waals surface area contributed by atoms with Crippen molar-refractivity contribution < 1.29 is 9.53 Å². The largest absolute Gasteiger partial charge is 0.497 e. The summed E-state index contributed by atoms with van der Waals surface area (Å²) in [5.74, 6) is 0.487. The highest BCUT2D eigenvalue weighted by atomic mass is 16.5. The van der Waals surface area contributed by atoms with E-state index in [1.807, 2.05) is 55.6 Å². The van der Waals surface area contributed by atoms with E-state index in [1.54, 1.807) is 12.1 Å². The second-order valence-electron chi connectivity index (χ2n) is 4.67. The Bertz CT molecular complexity index is 711. The van der Waals surface area contributed by atoms with Crippen LogP contribution in [0.5, 0.6) is 5.75 Å². The number of hydrogen-bond donors (Lipinski definition) is 1. The molecule has 0 unspecified atom stereocenters. The van der Waals surface area contributed by atoms with Gasteiger partial charge in [0.15, 0.2) is 5.71 Å². The molecule has 21 heavy (non-hydrogen) atoms. The van der Waals surface area contributed by atoms with Crippen molar-refractivity contribution in [1.29, 1.82) is 0 Å². The maximum absolute atomic E-state index is 12.1. The van der Waals surface area contributed by atoms with Crippen LogP contribution in [0.2, 0.25) is 0 Å². The number of nitrogens with zero attached hydrogens (tertiary/aromatic N) is 2. The van der Waals surface area contributed by atoms with Gasteiger partial charge in [0.2, 0.25) is 0 Å². The molecule has 3 rings (SSSR count). The Morgan fingerprint density at radius 3 is 2.62 bits per heavy atom. The van der Waals surface area contributed by atoms with Gasteiger partial charge in [-0.2, -0.15) is 5.10 Å². The SMILES string of the molecule is COc1ccc2c(c1)C(=NN(C)c1ccccc1)C(=O)N2. The summed E-state index contributed by atoms with van der Waals surface area (Å²) in [6.07, 6.45) is 0. The highest BCUT2D eigenvalue weighted by Gasteiger charge is 2.27. The van der Waals surface area contributed by atoms with Crippen LogP contribution >= 0.6 is 0 Å². The minimum absolute atomic E-state index is 0.207. The zero-order chi connectivity index (χ0) is 14.8. The number of anilines is 2. The lowest BCUT2D eigenvalue weighted by atomic mass is 10.1. The predicted molar refractivity (Wildman–Crippen MR) is 83.0 cm³/mol. The van der Waals surface area contributed by atoms with Crippen LogP contribution in [0.15, 0.2) is 53.6 Å². The van der Waals surface area contributed by atoms with E-state index in [-0.39, 0.29) is 5.91 Å². The molecule has 0 saturated carbocycles. The first kappa shape index (κ1) is 13.2. The molecule has 5 nitrogen and oxygen atoms in total. The van der Waals surface area contributed by atoms with Crippen molar-refractivity contribution in [2.24, 2.45) is 5.10 Å². The zero-order valence-corrected chi connectivity index (χ0v) is 11.8. The van der Waals surface area contributed by atoms with Gasteiger partial charge in [0, 0.05) is 12.6 Å². The third-order valence-electron chi connectivity index (χ3n) is 3.32. The van der Waals surface area contributed by atoms with Gasteiger partial charge in [-0.15, -0.1) is 0 Å². The molecule has 0 atom stereocenters. The van der Waals surface area contributed by atoms with Crippen LogP contribution < -0.4 is 15.1 Å². The van der Waals surface area contributed by atoms with Gasteiger partial charge in [-0.3, -0.25) is 9.80 Å². The number of benzene rings is 2. The maximum Gasteiger partial charge on any atom is 0.276 e. The van der Waals surface area contributed by atoms with Gasteiger partial charge < -0.3 is 10.1 Å². The topological polar surface area (TPSA) is 53.9 Å². The molecular weight excluding hydrogens is 266 g/mol. The van der Waals surface area contributed by atoms with Crippen molar-refractivity contribution in [3.05, 3.63) is 54.1 Å². The standard InChI is InChI=1S/C16H15N3O2/c1-19(11-6-4-3-5-7-11)18-15-13-10-12(21-2)8-9-14(13)17-16(15)20/h3-10H,1-2H3,(H,17,18,20). The minimum atomic E-state index is -0.207. The van der Waals surface area contributed by atoms with Crippen molar-refractivity contribution in [2.75, 3.05) is 24.5 Å². The summed E-state index contributed by atoms with van der Waals surface area (Å²) in [5, 5.41) is 8.91. The van der Waals surface area contributed by atoms with Crippen LogP contribution in [0.25, 0.3) is 0 Å². The second-order valence-corrected chi connectivity index (χ2v) is 4.67. The van der Waals surface area contributed by atoms with Gasteiger partial charge >= 0.3 is 0 Å². The summed E-state index contributed by atoms with van der Waals surface area (Å²) in [6.45, 7) is 0. The molecule has 1 aliphatic heterocycles. The van der Waals surface area contributed by atoms with E-state index in [1.165, 1.54) is 0 Å². The number of carbonyl (C=O) groups is 1. The van der Waals surface area contributed by atoms with Gasteiger partial charge in [-0.1, -0.05) is 18.2 Å². The highest BCUT2D eigenvalue weighted by Crippen LogP contribution is 2.28. The molecule has 0 radical (unpaired) electrons. The number of amides is 1. The second kappa shape index (κ2) is 5.28. The van der Waals surface area contributed by atoms with E-state index in [4.69, 9.17) is 4.74 Å². The molecule has 0 bridgehead atoms. The van der Waals surface area contributed by atoms with Crippen LogP contribution in [0.1, 0.15) is 5.56 Å². The Labute approximate surface area is 122 Å². The number of hydrazone groups is 1. The van der Waals surface area contributed by atoms with E-state index >= 15 is 0 Å². The van der Waals surface area contributed by atoms with Gasteiger partial charge in [0.1, 0.15) is 5.75 Å². The molecule has 1 amide bonds. The Morgan fingerprint density at radius 1 is 1.14 bits per heavy atom. The maximum atomic E-state index is 12.1. The Balaban J connectivity index is 2.00. The van der Waals surface area contributed by atoms with Crippen molar-refractivity contribution in [3.8, 4) is 5.75 Å². The number of nitrogens with one attached hydrogen (secondary N) is 1. The lowest BCUT2D eigenvalue weighted by Crippen LogP contribution is -2.20. The summed E-state index contributed by atoms with van der Waals surface area (Å²) < 4.78 is 5.20. The number of carbonyl (C=O) groups excluding carboxylic acids is 1. The third kappa shape index (κ3) is 2.45. The average molecular weight is 281 g/mol. The quantitative estimate of drug-likeness (QED) is 0.879. The zero-order valence-electron chi connectivity index (χ0n) is 11.8. The number of fused-ring (bicyclic) bond motifs is 1. The fourth-order valence-electron chi connectivity index (χ4n) is 2.21. The van der Waals surface area contributed by atoms with Crippen LogP contribution in [0.4, 0.5) is 11.4 Å². The average Bonchev–Trinajstić information content (AvgIpc) is 2.83. The Morgan fingerprint density at radius 2 is 1.90 bits per heavy atom. The number of hydrogen-bond acceptors (Lipinski definition) is 4. The molecule has 0 saturated heterocycles. The summed E-state index contributed by atoms with van der Waals surface area (Å²) >= 11 is 0. The molecule has 1 N–H and O–H groups in total. The molecule has 0 spiro atoms.